The van der Waals surface area contributed by atoms with Gasteiger partial charge in [0.1, 0.15) is 5.76 Å². The number of allylic oxidation sites excluding steroid dienone is 1. The Morgan fingerprint density at radius 3 is 2.76 bits per heavy atom. The number of carbonyl (C=O) groups is 1. The Kier molecular flexibility index (Phi) is 4.98. The highest BCUT2D eigenvalue weighted by Crippen LogP contribution is 2.25. The lowest BCUT2D eigenvalue weighted by atomic mass is 10.2. The second-order valence-electron chi connectivity index (χ2n) is 5.22. The number of amides is 1. The molecule has 122 valence electrons. The van der Waals surface area contributed by atoms with Gasteiger partial charge < -0.3 is 9.73 Å². The summed E-state index contributed by atoms with van der Waals surface area (Å²) in [6.07, 6.45) is 3.05. The van der Waals surface area contributed by atoms with Gasteiger partial charge in [0.25, 0.3) is 5.91 Å². The van der Waals surface area contributed by atoms with Gasteiger partial charge in [-0.3, -0.25) is 4.79 Å². The van der Waals surface area contributed by atoms with Crippen LogP contribution < -0.4 is 5.32 Å². The number of furan rings is 1. The average Bonchev–Trinajstić information content (AvgIpc) is 3.11. The Hall–Kier alpha value is -3.29. The number of benzene rings is 2. The summed E-state index contributed by atoms with van der Waals surface area (Å²) in [6, 6.07) is 19.7. The van der Waals surface area contributed by atoms with E-state index in [4.69, 9.17) is 21.3 Å². The van der Waals surface area contributed by atoms with Crippen LogP contribution in [0.4, 0.5) is 5.69 Å². The fraction of sp³-hybridized carbons (Fsp3) is 0. The van der Waals surface area contributed by atoms with E-state index >= 15 is 0 Å². The first-order valence-corrected chi connectivity index (χ1v) is 7.87. The molecule has 1 amide bonds. The van der Waals surface area contributed by atoms with Gasteiger partial charge in [0, 0.05) is 22.3 Å². The van der Waals surface area contributed by atoms with Crippen LogP contribution in [0.25, 0.3) is 17.4 Å². The number of hydrogen-bond acceptors (Lipinski definition) is 3. The van der Waals surface area contributed by atoms with Crippen LogP contribution in [0, 0.1) is 11.3 Å². The van der Waals surface area contributed by atoms with Gasteiger partial charge in [0.2, 0.25) is 0 Å². The number of nitriles is 1. The van der Waals surface area contributed by atoms with E-state index in [0.717, 1.165) is 11.1 Å². The van der Waals surface area contributed by atoms with Crippen LogP contribution in [-0.4, -0.2) is 5.91 Å². The molecule has 0 unspecified atom stereocenters. The predicted octanol–water partition coefficient (Wildman–Crippen LogP) is 5.39. The van der Waals surface area contributed by atoms with Gasteiger partial charge in [-0.2, -0.15) is 5.26 Å². The van der Waals surface area contributed by atoms with E-state index in [1.165, 1.54) is 6.08 Å². The number of carbonyl (C=O) groups excluding carboxylic acids is 1. The van der Waals surface area contributed by atoms with Crippen molar-refractivity contribution in [2.24, 2.45) is 0 Å². The summed E-state index contributed by atoms with van der Waals surface area (Å²) >= 11 is 5.98. The molecular weight excluding hydrogens is 336 g/mol. The van der Waals surface area contributed by atoms with E-state index in [0.29, 0.717) is 16.5 Å². The number of halogens is 1. The van der Waals surface area contributed by atoms with Crippen LogP contribution in [0.5, 0.6) is 0 Å². The van der Waals surface area contributed by atoms with Gasteiger partial charge in [-0.1, -0.05) is 35.9 Å². The number of hydrogen-bond donors (Lipinski definition) is 1. The predicted molar refractivity (Wildman–Crippen MR) is 98.2 cm³/mol. The van der Waals surface area contributed by atoms with Crippen LogP contribution in [-0.2, 0) is 0 Å². The maximum Gasteiger partial charge on any atom is 0.291 e. The second kappa shape index (κ2) is 7.52. The highest BCUT2D eigenvalue weighted by atomic mass is 35.5. The number of nitrogens with one attached hydrogen (secondary N) is 1. The van der Waals surface area contributed by atoms with Crippen molar-refractivity contribution in [2.45, 2.75) is 0 Å². The third-order valence-electron chi connectivity index (χ3n) is 3.43. The molecular formula is C20H13ClN2O2. The van der Waals surface area contributed by atoms with Crippen molar-refractivity contribution in [2.75, 3.05) is 5.32 Å². The van der Waals surface area contributed by atoms with E-state index in [1.807, 2.05) is 24.3 Å². The van der Waals surface area contributed by atoms with Gasteiger partial charge in [-0.05, 0) is 48.0 Å². The highest BCUT2D eigenvalue weighted by Gasteiger charge is 2.13. The first-order valence-electron chi connectivity index (χ1n) is 7.49. The maximum atomic E-state index is 12.3. The Labute approximate surface area is 150 Å². The van der Waals surface area contributed by atoms with Crippen molar-refractivity contribution in [3.8, 4) is 17.4 Å². The van der Waals surface area contributed by atoms with Crippen molar-refractivity contribution in [3.05, 3.63) is 83.1 Å². The van der Waals surface area contributed by atoms with Crippen molar-refractivity contribution in [1.29, 1.82) is 5.26 Å². The molecule has 2 aromatic carbocycles. The monoisotopic (exact) mass is 348 g/mol. The first kappa shape index (κ1) is 16.6. The minimum atomic E-state index is -0.352. The van der Waals surface area contributed by atoms with Crippen molar-refractivity contribution in [3.63, 3.8) is 0 Å². The Morgan fingerprint density at radius 1 is 1.12 bits per heavy atom. The van der Waals surface area contributed by atoms with Crippen LogP contribution >= 0.6 is 11.6 Å². The smallest absolute Gasteiger partial charge is 0.291 e. The molecule has 1 heterocycles. The molecule has 0 saturated carbocycles. The molecule has 0 aliphatic heterocycles. The lowest BCUT2D eigenvalue weighted by Gasteiger charge is -2.04. The molecule has 0 atom stereocenters. The molecule has 25 heavy (non-hydrogen) atoms. The second-order valence-corrected chi connectivity index (χ2v) is 5.65. The van der Waals surface area contributed by atoms with Crippen molar-refractivity contribution < 1.29 is 9.21 Å². The third-order valence-corrected chi connectivity index (χ3v) is 3.67. The SMILES string of the molecule is N#C/C=C/c1cccc(NC(=O)c2ccc(-c3cccc(Cl)c3)o2)c1. The molecule has 5 heteroatoms. The fourth-order valence-corrected chi connectivity index (χ4v) is 2.49. The topological polar surface area (TPSA) is 66.0 Å². The Morgan fingerprint density at radius 2 is 1.96 bits per heavy atom. The summed E-state index contributed by atoms with van der Waals surface area (Å²) in [4.78, 5) is 12.3. The van der Waals surface area contributed by atoms with E-state index in [-0.39, 0.29) is 11.7 Å². The molecule has 0 radical (unpaired) electrons. The quantitative estimate of drug-likeness (QED) is 0.643. The normalized spacial score (nSPS) is 10.6. The molecule has 4 nitrogen and oxygen atoms in total. The minimum absolute atomic E-state index is 0.202. The van der Waals surface area contributed by atoms with Gasteiger partial charge in [0.05, 0.1) is 6.07 Å². The summed E-state index contributed by atoms with van der Waals surface area (Å²) in [6.45, 7) is 0. The van der Waals surface area contributed by atoms with E-state index in [2.05, 4.69) is 5.32 Å². The summed E-state index contributed by atoms with van der Waals surface area (Å²) in [5.74, 6) is 0.418. The summed E-state index contributed by atoms with van der Waals surface area (Å²) in [5.41, 5.74) is 2.24. The fourth-order valence-electron chi connectivity index (χ4n) is 2.30. The average molecular weight is 349 g/mol. The van der Waals surface area contributed by atoms with Crippen molar-refractivity contribution in [1.82, 2.24) is 0 Å². The molecule has 0 aliphatic rings. The Bertz CT molecular complexity index is 983. The van der Waals surface area contributed by atoms with Gasteiger partial charge in [-0.25, -0.2) is 0 Å². The number of rotatable bonds is 4. The molecule has 1 N–H and O–H groups in total. The van der Waals surface area contributed by atoms with E-state index in [9.17, 15) is 4.79 Å². The standard InChI is InChI=1S/C20H13ClN2O2/c21-16-7-2-6-15(13-16)18-9-10-19(25-18)20(24)23-17-8-1-4-14(12-17)5-3-11-22/h1-10,12-13H,(H,23,24)/b5-3+. The van der Waals surface area contributed by atoms with Gasteiger partial charge >= 0.3 is 0 Å². The largest absolute Gasteiger partial charge is 0.451 e. The molecule has 0 fully saturated rings. The molecule has 0 bridgehead atoms. The van der Waals surface area contributed by atoms with Crippen LogP contribution in [0.2, 0.25) is 5.02 Å². The molecule has 3 aromatic rings. The molecule has 0 saturated heterocycles. The molecule has 1 aromatic heterocycles. The maximum absolute atomic E-state index is 12.3. The third kappa shape index (κ3) is 4.17. The van der Waals surface area contributed by atoms with Crippen molar-refractivity contribution >= 4 is 29.3 Å². The van der Waals surface area contributed by atoms with Gasteiger partial charge in [-0.15, -0.1) is 0 Å². The number of anilines is 1. The first-order chi connectivity index (χ1) is 12.2. The lowest BCUT2D eigenvalue weighted by Crippen LogP contribution is -2.10. The minimum Gasteiger partial charge on any atom is -0.451 e. The zero-order valence-electron chi connectivity index (χ0n) is 13.1. The highest BCUT2D eigenvalue weighted by molar-refractivity contribution is 6.30. The molecule has 0 spiro atoms. The molecule has 3 rings (SSSR count). The van der Waals surface area contributed by atoms with Crippen LogP contribution in [0.3, 0.4) is 0 Å². The summed E-state index contributed by atoms with van der Waals surface area (Å²) < 4.78 is 5.63. The summed E-state index contributed by atoms with van der Waals surface area (Å²) in [7, 11) is 0. The van der Waals surface area contributed by atoms with E-state index in [1.54, 1.807) is 48.5 Å². The number of nitrogens with zero attached hydrogens (tertiary/aromatic N) is 1. The lowest BCUT2D eigenvalue weighted by molar-refractivity contribution is 0.0997. The zero-order valence-corrected chi connectivity index (χ0v) is 13.8. The summed E-state index contributed by atoms with van der Waals surface area (Å²) in [5, 5.41) is 12.0. The Balaban J connectivity index is 1.76. The molecule has 0 aliphatic carbocycles. The van der Waals surface area contributed by atoms with Crippen LogP contribution in [0.15, 0.2) is 71.2 Å². The van der Waals surface area contributed by atoms with Crippen LogP contribution in [0.1, 0.15) is 16.1 Å². The van der Waals surface area contributed by atoms with Gasteiger partial charge in [0.15, 0.2) is 5.76 Å². The zero-order chi connectivity index (χ0) is 17.6. The van der Waals surface area contributed by atoms with E-state index < -0.39 is 0 Å².